The molecule has 2 N–H and O–H groups in total. The second kappa shape index (κ2) is 6.72. The maximum Gasteiger partial charge on any atom is 0.263 e. The van der Waals surface area contributed by atoms with Gasteiger partial charge in [0.1, 0.15) is 10.7 Å². The second-order valence-electron chi connectivity index (χ2n) is 5.77. The summed E-state index contributed by atoms with van der Waals surface area (Å²) in [4.78, 5) is 4.02. The fraction of sp³-hybridized carbons (Fsp3) is 0.312. The van der Waals surface area contributed by atoms with Crippen molar-refractivity contribution in [2.75, 3.05) is 16.6 Å². The number of halogens is 2. The number of aromatic nitrogens is 1. The molecule has 0 atom stereocenters. The van der Waals surface area contributed by atoms with Gasteiger partial charge in [-0.25, -0.2) is 22.2 Å². The molecule has 0 unspecified atom stereocenters. The second-order valence-corrected chi connectivity index (χ2v) is 7.45. The van der Waals surface area contributed by atoms with Gasteiger partial charge < -0.3 is 5.32 Å². The van der Waals surface area contributed by atoms with E-state index in [1.165, 1.54) is 25.1 Å². The molecule has 1 aromatic carbocycles. The average Bonchev–Trinajstić information content (AvgIpc) is 3.35. The summed E-state index contributed by atoms with van der Waals surface area (Å²) in [5, 5.41) is 3.14. The van der Waals surface area contributed by atoms with Crippen molar-refractivity contribution in [1.29, 1.82) is 0 Å². The molecule has 1 heterocycles. The van der Waals surface area contributed by atoms with Crippen molar-refractivity contribution >= 4 is 21.5 Å². The van der Waals surface area contributed by atoms with Gasteiger partial charge in [0.25, 0.3) is 10.0 Å². The van der Waals surface area contributed by atoms with Crippen LogP contribution in [0.5, 0.6) is 0 Å². The lowest BCUT2D eigenvalue weighted by Gasteiger charge is -2.09. The van der Waals surface area contributed by atoms with Crippen molar-refractivity contribution in [2.24, 2.45) is 5.92 Å². The predicted octanol–water partition coefficient (Wildman–Crippen LogP) is 3.37. The van der Waals surface area contributed by atoms with Crippen molar-refractivity contribution in [3.05, 3.63) is 48.2 Å². The van der Waals surface area contributed by atoms with Crippen LogP contribution in [0.3, 0.4) is 0 Å². The third-order valence-corrected chi connectivity index (χ3v) is 5.14. The molecular formula is C16H17F2N3O2S. The number of nitrogens with one attached hydrogen (secondary N) is 2. The Bertz CT molecular complexity index is 822. The minimum absolute atomic E-state index is 0.0551. The number of benzene rings is 1. The Morgan fingerprint density at radius 2 is 1.92 bits per heavy atom. The van der Waals surface area contributed by atoms with Gasteiger partial charge >= 0.3 is 0 Å². The Balaban J connectivity index is 1.65. The van der Waals surface area contributed by atoms with Crippen LogP contribution in [0.2, 0.25) is 0 Å². The Kier molecular flexibility index (Phi) is 4.66. The van der Waals surface area contributed by atoms with E-state index in [0.29, 0.717) is 5.82 Å². The summed E-state index contributed by atoms with van der Waals surface area (Å²) in [5.74, 6) is -0.760. The van der Waals surface area contributed by atoms with E-state index in [1.807, 2.05) is 0 Å². The zero-order valence-electron chi connectivity index (χ0n) is 12.8. The predicted molar refractivity (Wildman–Crippen MR) is 87.2 cm³/mol. The van der Waals surface area contributed by atoms with E-state index >= 15 is 0 Å². The fourth-order valence-corrected chi connectivity index (χ4v) is 3.22. The largest absolute Gasteiger partial charge is 0.370 e. The summed E-state index contributed by atoms with van der Waals surface area (Å²) < 4.78 is 52.7. The van der Waals surface area contributed by atoms with Gasteiger partial charge in [-0.2, -0.15) is 0 Å². The van der Waals surface area contributed by atoms with Crippen LogP contribution in [-0.4, -0.2) is 19.9 Å². The number of hydrogen-bond donors (Lipinski definition) is 2. The molecule has 2 aromatic rings. The lowest BCUT2D eigenvalue weighted by atomic mass is 10.3. The van der Waals surface area contributed by atoms with Gasteiger partial charge in [0.2, 0.25) is 0 Å². The number of hydrogen-bond acceptors (Lipinski definition) is 4. The van der Waals surface area contributed by atoms with Crippen LogP contribution in [0, 0.1) is 17.6 Å². The summed E-state index contributed by atoms with van der Waals surface area (Å²) in [5.41, 5.74) is -0.0551. The Morgan fingerprint density at radius 1 is 1.12 bits per heavy atom. The average molecular weight is 353 g/mol. The highest BCUT2D eigenvalue weighted by atomic mass is 32.2. The number of rotatable bonds is 7. The molecule has 0 spiro atoms. The highest BCUT2D eigenvalue weighted by Gasteiger charge is 2.20. The highest BCUT2D eigenvalue weighted by molar-refractivity contribution is 7.92. The third kappa shape index (κ3) is 4.19. The molecule has 5 nitrogen and oxygen atoms in total. The molecule has 0 saturated heterocycles. The number of anilines is 2. The van der Waals surface area contributed by atoms with Gasteiger partial charge in [0, 0.05) is 18.8 Å². The fourth-order valence-electron chi connectivity index (χ4n) is 2.23. The van der Waals surface area contributed by atoms with E-state index in [4.69, 9.17) is 0 Å². The smallest absolute Gasteiger partial charge is 0.263 e. The lowest BCUT2D eigenvalue weighted by molar-refractivity contribution is 0.509. The standard InChI is InChI=1S/C16H17F2N3O2S/c17-14-5-3-12(9-15(14)18)21-24(22,23)13-4-6-16(20-10-13)19-8-7-11-1-2-11/h3-6,9-11,21H,1-2,7-8H2,(H,19,20). The molecule has 0 bridgehead atoms. The quantitative estimate of drug-likeness (QED) is 0.801. The molecule has 1 aliphatic rings. The maximum absolute atomic E-state index is 13.2. The third-order valence-electron chi connectivity index (χ3n) is 3.77. The first-order chi connectivity index (χ1) is 11.4. The van der Waals surface area contributed by atoms with Crippen molar-refractivity contribution in [1.82, 2.24) is 4.98 Å². The van der Waals surface area contributed by atoms with Crippen LogP contribution in [0.4, 0.5) is 20.3 Å². The Hall–Kier alpha value is -2.22. The molecule has 1 fully saturated rings. The van der Waals surface area contributed by atoms with Crippen LogP contribution in [0.15, 0.2) is 41.4 Å². The summed E-state index contributed by atoms with van der Waals surface area (Å²) in [6, 6.07) is 5.78. The number of sulfonamides is 1. The number of pyridine rings is 1. The van der Waals surface area contributed by atoms with Crippen LogP contribution in [0.1, 0.15) is 19.3 Å². The van der Waals surface area contributed by atoms with Gasteiger partial charge in [-0.1, -0.05) is 12.8 Å². The maximum atomic E-state index is 13.2. The van der Waals surface area contributed by atoms with Crippen LogP contribution < -0.4 is 10.0 Å². The van der Waals surface area contributed by atoms with Gasteiger partial charge in [-0.05, 0) is 36.6 Å². The van der Waals surface area contributed by atoms with E-state index in [1.54, 1.807) is 6.07 Å². The van der Waals surface area contributed by atoms with E-state index in [-0.39, 0.29) is 10.6 Å². The normalized spacial score (nSPS) is 14.4. The topological polar surface area (TPSA) is 71.1 Å². The van der Waals surface area contributed by atoms with E-state index in [0.717, 1.165) is 37.1 Å². The van der Waals surface area contributed by atoms with Crippen LogP contribution in [0.25, 0.3) is 0 Å². The first kappa shape index (κ1) is 16.6. The summed E-state index contributed by atoms with van der Waals surface area (Å²) in [7, 11) is -3.91. The van der Waals surface area contributed by atoms with Crippen molar-refractivity contribution in [3.8, 4) is 0 Å². The summed E-state index contributed by atoms with van der Waals surface area (Å²) >= 11 is 0. The minimum Gasteiger partial charge on any atom is -0.370 e. The first-order valence-corrected chi connectivity index (χ1v) is 9.10. The first-order valence-electron chi connectivity index (χ1n) is 7.62. The molecule has 0 amide bonds. The van der Waals surface area contributed by atoms with Crippen molar-refractivity contribution in [2.45, 2.75) is 24.2 Å². The number of nitrogens with zero attached hydrogens (tertiary/aromatic N) is 1. The minimum atomic E-state index is -3.91. The molecule has 0 aliphatic heterocycles. The molecule has 8 heteroatoms. The SMILES string of the molecule is O=S(=O)(Nc1ccc(F)c(F)c1)c1ccc(NCCC2CC2)nc1. The van der Waals surface area contributed by atoms with E-state index in [2.05, 4.69) is 15.0 Å². The van der Waals surface area contributed by atoms with Crippen molar-refractivity contribution < 1.29 is 17.2 Å². The molecular weight excluding hydrogens is 336 g/mol. The zero-order valence-corrected chi connectivity index (χ0v) is 13.6. The highest BCUT2D eigenvalue weighted by Crippen LogP contribution is 2.32. The monoisotopic (exact) mass is 353 g/mol. The molecule has 1 aromatic heterocycles. The molecule has 0 radical (unpaired) electrons. The van der Waals surface area contributed by atoms with E-state index < -0.39 is 21.7 Å². The van der Waals surface area contributed by atoms with Gasteiger partial charge in [-0.15, -0.1) is 0 Å². The summed E-state index contributed by atoms with van der Waals surface area (Å²) in [6.45, 7) is 0.802. The van der Waals surface area contributed by atoms with E-state index in [9.17, 15) is 17.2 Å². The van der Waals surface area contributed by atoms with Crippen LogP contribution >= 0.6 is 0 Å². The molecule has 24 heavy (non-hydrogen) atoms. The zero-order chi connectivity index (χ0) is 17.2. The Labute approximate surface area is 139 Å². The Morgan fingerprint density at radius 3 is 2.54 bits per heavy atom. The molecule has 1 saturated carbocycles. The van der Waals surface area contributed by atoms with Crippen molar-refractivity contribution in [3.63, 3.8) is 0 Å². The molecule has 1 aliphatic carbocycles. The summed E-state index contributed by atoms with van der Waals surface area (Å²) in [6.07, 6.45) is 4.87. The molecule has 3 rings (SSSR count). The van der Waals surface area contributed by atoms with Crippen LogP contribution in [-0.2, 0) is 10.0 Å². The molecule has 128 valence electrons. The van der Waals surface area contributed by atoms with Gasteiger partial charge in [-0.3, -0.25) is 4.72 Å². The lowest BCUT2D eigenvalue weighted by Crippen LogP contribution is -2.14. The van der Waals surface area contributed by atoms with Gasteiger partial charge in [0.15, 0.2) is 11.6 Å². The van der Waals surface area contributed by atoms with Gasteiger partial charge in [0.05, 0.1) is 5.69 Å².